The molecule has 6 heteroatoms. The Hall–Kier alpha value is -2.63. The van der Waals surface area contributed by atoms with E-state index < -0.39 is 0 Å². The van der Waals surface area contributed by atoms with Crippen molar-refractivity contribution in [2.45, 2.75) is 26.7 Å². The molecule has 0 atom stereocenters. The number of nitrogens with zero attached hydrogens (tertiary/aromatic N) is 3. The van der Waals surface area contributed by atoms with Gasteiger partial charge in [0.25, 0.3) is 0 Å². The number of benzene rings is 1. The molecule has 23 heavy (non-hydrogen) atoms. The van der Waals surface area contributed by atoms with Gasteiger partial charge >= 0.3 is 0 Å². The summed E-state index contributed by atoms with van der Waals surface area (Å²) in [7, 11) is 1.90. The van der Waals surface area contributed by atoms with Gasteiger partial charge in [-0.1, -0.05) is 12.1 Å². The van der Waals surface area contributed by atoms with E-state index in [4.69, 9.17) is 0 Å². The number of para-hydroxylation sites is 2. The number of rotatable bonds is 3. The Morgan fingerprint density at radius 3 is 2.74 bits per heavy atom. The molecule has 1 aliphatic rings. The molecular weight excluding hydrogens is 292 g/mol. The molecule has 0 saturated heterocycles. The van der Waals surface area contributed by atoms with Gasteiger partial charge in [0.05, 0.1) is 17.1 Å². The SMILES string of the molecule is Cc1nn(C)c(C)c1CCC(=O)N1CC(=O)Nc2ccccc21. The minimum Gasteiger partial charge on any atom is -0.323 e. The number of carbonyl (C=O) groups is 2. The van der Waals surface area contributed by atoms with Crippen LogP contribution in [0.5, 0.6) is 0 Å². The third-order valence-corrected chi connectivity index (χ3v) is 4.32. The number of aryl methyl sites for hydroxylation is 2. The number of hydrogen-bond acceptors (Lipinski definition) is 3. The molecule has 2 heterocycles. The third kappa shape index (κ3) is 2.84. The highest BCUT2D eigenvalue weighted by Crippen LogP contribution is 2.29. The lowest BCUT2D eigenvalue weighted by Crippen LogP contribution is -2.42. The Morgan fingerprint density at radius 1 is 1.30 bits per heavy atom. The van der Waals surface area contributed by atoms with Crippen LogP contribution in [0.2, 0.25) is 0 Å². The molecule has 0 fully saturated rings. The molecule has 1 aromatic carbocycles. The zero-order valence-electron chi connectivity index (χ0n) is 13.6. The molecular formula is C17H20N4O2. The zero-order chi connectivity index (χ0) is 16.6. The first-order valence-electron chi connectivity index (χ1n) is 7.65. The van der Waals surface area contributed by atoms with Crippen LogP contribution in [0.25, 0.3) is 0 Å². The van der Waals surface area contributed by atoms with E-state index in [9.17, 15) is 9.59 Å². The zero-order valence-corrected chi connectivity index (χ0v) is 13.6. The molecule has 0 unspecified atom stereocenters. The van der Waals surface area contributed by atoms with Crippen LogP contribution in [0.4, 0.5) is 11.4 Å². The van der Waals surface area contributed by atoms with Gasteiger partial charge in [-0.05, 0) is 38.0 Å². The Bertz CT molecular complexity index is 779. The van der Waals surface area contributed by atoms with Crippen molar-refractivity contribution in [3.63, 3.8) is 0 Å². The van der Waals surface area contributed by atoms with Crippen molar-refractivity contribution in [1.82, 2.24) is 9.78 Å². The van der Waals surface area contributed by atoms with Gasteiger partial charge in [-0.3, -0.25) is 14.3 Å². The Labute approximate surface area is 135 Å². The molecule has 0 radical (unpaired) electrons. The van der Waals surface area contributed by atoms with Gasteiger partial charge in [0.15, 0.2) is 0 Å². The van der Waals surface area contributed by atoms with Crippen LogP contribution in [0.1, 0.15) is 23.4 Å². The average Bonchev–Trinajstić information content (AvgIpc) is 2.77. The van der Waals surface area contributed by atoms with Gasteiger partial charge in [0.1, 0.15) is 6.54 Å². The maximum absolute atomic E-state index is 12.6. The van der Waals surface area contributed by atoms with Crippen LogP contribution >= 0.6 is 0 Å². The maximum atomic E-state index is 12.6. The molecule has 6 nitrogen and oxygen atoms in total. The molecule has 0 aliphatic carbocycles. The Kier molecular flexibility index (Phi) is 3.90. The molecule has 3 rings (SSSR count). The highest BCUT2D eigenvalue weighted by atomic mass is 16.2. The Morgan fingerprint density at radius 2 is 2.04 bits per heavy atom. The van der Waals surface area contributed by atoms with E-state index in [1.807, 2.05) is 49.8 Å². The second kappa shape index (κ2) is 5.87. The number of anilines is 2. The van der Waals surface area contributed by atoms with Crippen molar-refractivity contribution >= 4 is 23.2 Å². The molecule has 1 N–H and O–H groups in total. The summed E-state index contributed by atoms with van der Waals surface area (Å²) in [6.45, 7) is 4.03. The van der Waals surface area contributed by atoms with Crippen LogP contribution in [0.15, 0.2) is 24.3 Å². The van der Waals surface area contributed by atoms with Crippen molar-refractivity contribution in [3.8, 4) is 0 Å². The van der Waals surface area contributed by atoms with E-state index in [-0.39, 0.29) is 18.4 Å². The van der Waals surface area contributed by atoms with E-state index in [1.165, 1.54) is 0 Å². The Balaban J connectivity index is 1.77. The lowest BCUT2D eigenvalue weighted by Gasteiger charge is -2.29. The molecule has 0 saturated carbocycles. The number of nitrogens with one attached hydrogen (secondary N) is 1. The van der Waals surface area contributed by atoms with Crippen molar-refractivity contribution in [2.24, 2.45) is 7.05 Å². The summed E-state index contributed by atoms with van der Waals surface area (Å²) < 4.78 is 1.83. The molecule has 120 valence electrons. The summed E-state index contributed by atoms with van der Waals surface area (Å²) in [6, 6.07) is 7.37. The van der Waals surface area contributed by atoms with E-state index in [2.05, 4.69) is 10.4 Å². The van der Waals surface area contributed by atoms with Crippen molar-refractivity contribution in [3.05, 3.63) is 41.2 Å². The minimum absolute atomic E-state index is 0.0463. The minimum atomic E-state index is -0.161. The van der Waals surface area contributed by atoms with E-state index in [0.717, 1.165) is 22.6 Å². The van der Waals surface area contributed by atoms with Gasteiger partial charge in [-0.25, -0.2) is 0 Å². The normalized spacial score (nSPS) is 13.7. The maximum Gasteiger partial charge on any atom is 0.244 e. The highest BCUT2D eigenvalue weighted by Gasteiger charge is 2.26. The van der Waals surface area contributed by atoms with E-state index in [0.29, 0.717) is 18.5 Å². The van der Waals surface area contributed by atoms with Crippen LogP contribution in [-0.2, 0) is 23.1 Å². The largest absolute Gasteiger partial charge is 0.323 e. The summed E-state index contributed by atoms with van der Waals surface area (Å²) >= 11 is 0. The van der Waals surface area contributed by atoms with Gasteiger partial charge in [0.2, 0.25) is 11.8 Å². The first kappa shape index (κ1) is 15.3. The fraction of sp³-hybridized carbons (Fsp3) is 0.353. The number of fused-ring (bicyclic) bond motifs is 1. The summed E-state index contributed by atoms with van der Waals surface area (Å²) in [5, 5.41) is 7.17. The summed E-state index contributed by atoms with van der Waals surface area (Å²) in [4.78, 5) is 26.0. The molecule has 1 aliphatic heterocycles. The molecule has 2 amide bonds. The van der Waals surface area contributed by atoms with E-state index in [1.54, 1.807) is 4.90 Å². The average molecular weight is 312 g/mol. The molecule has 0 bridgehead atoms. The predicted molar refractivity (Wildman–Crippen MR) is 88.4 cm³/mol. The monoisotopic (exact) mass is 312 g/mol. The summed E-state index contributed by atoms with van der Waals surface area (Å²) in [5.41, 5.74) is 4.58. The van der Waals surface area contributed by atoms with Crippen molar-refractivity contribution in [2.75, 3.05) is 16.8 Å². The summed E-state index contributed by atoms with van der Waals surface area (Å²) in [5.74, 6) is -0.208. The second-order valence-corrected chi connectivity index (χ2v) is 5.82. The summed E-state index contributed by atoms with van der Waals surface area (Å²) in [6.07, 6.45) is 0.986. The molecule has 2 aromatic rings. The lowest BCUT2D eigenvalue weighted by atomic mass is 10.1. The van der Waals surface area contributed by atoms with Gasteiger partial charge in [0, 0.05) is 19.2 Å². The number of carbonyl (C=O) groups excluding carboxylic acids is 2. The topological polar surface area (TPSA) is 67.2 Å². The third-order valence-electron chi connectivity index (χ3n) is 4.32. The quantitative estimate of drug-likeness (QED) is 0.942. The fourth-order valence-electron chi connectivity index (χ4n) is 3.00. The molecule has 0 spiro atoms. The number of amides is 2. The van der Waals surface area contributed by atoms with Crippen molar-refractivity contribution < 1.29 is 9.59 Å². The van der Waals surface area contributed by atoms with E-state index >= 15 is 0 Å². The van der Waals surface area contributed by atoms with Crippen molar-refractivity contribution in [1.29, 1.82) is 0 Å². The van der Waals surface area contributed by atoms with Gasteiger partial charge < -0.3 is 10.2 Å². The number of aromatic nitrogens is 2. The fourth-order valence-corrected chi connectivity index (χ4v) is 3.00. The standard InChI is InChI=1S/C17H20N4O2/c1-11-13(12(2)20(3)19-11)8-9-17(23)21-10-16(22)18-14-6-4-5-7-15(14)21/h4-7H,8-10H2,1-3H3,(H,18,22). The first-order chi connectivity index (χ1) is 11.0. The van der Waals surface area contributed by atoms with Crippen LogP contribution in [-0.4, -0.2) is 28.1 Å². The van der Waals surface area contributed by atoms with Gasteiger partial charge in [-0.15, -0.1) is 0 Å². The highest BCUT2D eigenvalue weighted by molar-refractivity contribution is 6.09. The lowest BCUT2D eigenvalue weighted by molar-refractivity contribution is -0.121. The van der Waals surface area contributed by atoms with Crippen LogP contribution in [0, 0.1) is 13.8 Å². The second-order valence-electron chi connectivity index (χ2n) is 5.82. The predicted octanol–water partition coefficient (Wildman–Crippen LogP) is 1.95. The first-order valence-corrected chi connectivity index (χ1v) is 7.65. The van der Waals surface area contributed by atoms with Crippen LogP contribution in [0.3, 0.4) is 0 Å². The number of hydrogen-bond donors (Lipinski definition) is 1. The molecule has 1 aromatic heterocycles. The smallest absolute Gasteiger partial charge is 0.244 e. The van der Waals surface area contributed by atoms with Crippen LogP contribution < -0.4 is 10.2 Å². The van der Waals surface area contributed by atoms with Gasteiger partial charge in [-0.2, -0.15) is 5.10 Å².